The summed E-state index contributed by atoms with van der Waals surface area (Å²) in [5.74, 6) is 1.16. The quantitative estimate of drug-likeness (QED) is 0.850. The fourth-order valence-electron chi connectivity index (χ4n) is 3.93. The Balaban J connectivity index is 1.28. The van der Waals surface area contributed by atoms with E-state index in [1.165, 1.54) is 0 Å². The number of aryl methyl sites for hydroxylation is 1. The van der Waals surface area contributed by atoms with Crippen molar-refractivity contribution in [3.63, 3.8) is 0 Å². The lowest BCUT2D eigenvalue weighted by atomic mass is 9.84. The van der Waals surface area contributed by atoms with Gasteiger partial charge in [-0.1, -0.05) is 13.0 Å². The van der Waals surface area contributed by atoms with Crippen LogP contribution in [0, 0.1) is 18.8 Å². The first kappa shape index (κ1) is 16.0. The molecule has 3 unspecified atom stereocenters. The van der Waals surface area contributed by atoms with E-state index in [0.717, 1.165) is 43.7 Å². The maximum absolute atomic E-state index is 12.3. The fraction of sp³-hybridized carbons (Fsp3) is 0.684. The second kappa shape index (κ2) is 6.12. The predicted octanol–water partition coefficient (Wildman–Crippen LogP) is 2.32. The van der Waals surface area contributed by atoms with Crippen LogP contribution in [0.1, 0.15) is 37.6 Å². The van der Waals surface area contributed by atoms with Crippen molar-refractivity contribution in [1.29, 1.82) is 0 Å². The number of amides is 1. The van der Waals surface area contributed by atoms with Crippen LogP contribution in [0.2, 0.25) is 0 Å². The van der Waals surface area contributed by atoms with E-state index in [1.807, 2.05) is 30.0 Å². The highest BCUT2D eigenvalue weighted by Gasteiger charge is 2.53. The minimum Gasteiger partial charge on any atom is -0.372 e. The molecule has 0 aromatic carbocycles. The molecular formula is C19H26N2O3. The molecular weight excluding hydrogens is 304 g/mol. The summed E-state index contributed by atoms with van der Waals surface area (Å²) in [5.41, 5.74) is 1.82. The molecule has 1 aliphatic carbocycles. The first-order chi connectivity index (χ1) is 11.5. The molecule has 1 aromatic rings. The van der Waals surface area contributed by atoms with Crippen LogP contribution < -0.4 is 0 Å². The average molecular weight is 330 g/mol. The van der Waals surface area contributed by atoms with Gasteiger partial charge in [-0.15, -0.1) is 0 Å². The van der Waals surface area contributed by atoms with Crippen LogP contribution >= 0.6 is 0 Å². The van der Waals surface area contributed by atoms with E-state index in [2.05, 4.69) is 11.9 Å². The van der Waals surface area contributed by atoms with Gasteiger partial charge in [-0.3, -0.25) is 9.78 Å². The van der Waals surface area contributed by atoms with E-state index < -0.39 is 0 Å². The summed E-state index contributed by atoms with van der Waals surface area (Å²) in [6.07, 6.45) is 3.04. The highest BCUT2D eigenvalue weighted by atomic mass is 16.5. The number of aromatic nitrogens is 1. The molecule has 3 atom stereocenters. The molecule has 1 saturated carbocycles. The second-order valence-electron chi connectivity index (χ2n) is 7.74. The molecule has 1 spiro atoms. The molecule has 3 aliphatic rings. The minimum atomic E-state index is -0.170. The number of ether oxygens (including phenoxy) is 2. The number of pyridine rings is 1. The molecule has 24 heavy (non-hydrogen) atoms. The lowest BCUT2D eigenvalue weighted by molar-refractivity contribution is -0.203. The van der Waals surface area contributed by atoms with Crippen molar-refractivity contribution >= 4 is 5.91 Å². The maximum Gasteiger partial charge on any atom is 0.226 e. The highest BCUT2D eigenvalue weighted by Crippen LogP contribution is 2.43. The summed E-state index contributed by atoms with van der Waals surface area (Å²) in [6, 6.07) is 6.01. The zero-order chi connectivity index (χ0) is 16.7. The van der Waals surface area contributed by atoms with E-state index in [1.54, 1.807) is 0 Å². The molecule has 0 N–H and O–H groups in total. The Labute approximate surface area is 143 Å². The van der Waals surface area contributed by atoms with Gasteiger partial charge in [0.25, 0.3) is 0 Å². The summed E-state index contributed by atoms with van der Waals surface area (Å²) in [7, 11) is 0. The van der Waals surface area contributed by atoms with Crippen LogP contribution in [0.5, 0.6) is 0 Å². The predicted molar refractivity (Wildman–Crippen MR) is 89.3 cm³/mol. The van der Waals surface area contributed by atoms with Crippen molar-refractivity contribution < 1.29 is 14.3 Å². The van der Waals surface area contributed by atoms with Gasteiger partial charge < -0.3 is 14.4 Å². The Kier molecular flexibility index (Phi) is 4.09. The monoisotopic (exact) mass is 330 g/mol. The van der Waals surface area contributed by atoms with E-state index >= 15 is 0 Å². The molecule has 130 valence electrons. The third-order valence-corrected chi connectivity index (χ3v) is 5.56. The van der Waals surface area contributed by atoms with Gasteiger partial charge in [0.1, 0.15) is 5.60 Å². The van der Waals surface area contributed by atoms with Crippen LogP contribution in [0.25, 0.3) is 0 Å². The van der Waals surface area contributed by atoms with Crippen LogP contribution in [0.15, 0.2) is 18.2 Å². The van der Waals surface area contributed by atoms with Gasteiger partial charge in [0.2, 0.25) is 5.91 Å². The molecule has 1 amide bonds. The van der Waals surface area contributed by atoms with Gasteiger partial charge in [0, 0.05) is 24.6 Å². The SMILES string of the molecule is Cc1cccc(COC2CCOC3(C2)CN(C(=O)C2CC2C)C3)n1. The zero-order valence-electron chi connectivity index (χ0n) is 14.5. The van der Waals surface area contributed by atoms with Gasteiger partial charge in [-0.2, -0.15) is 0 Å². The molecule has 5 nitrogen and oxygen atoms in total. The normalized spacial score (nSPS) is 30.9. The summed E-state index contributed by atoms with van der Waals surface area (Å²) >= 11 is 0. The van der Waals surface area contributed by atoms with Crippen molar-refractivity contribution in [3.8, 4) is 0 Å². The molecule has 0 radical (unpaired) electrons. The first-order valence-corrected chi connectivity index (χ1v) is 9.02. The molecule has 0 bridgehead atoms. The van der Waals surface area contributed by atoms with E-state index in [-0.39, 0.29) is 17.6 Å². The van der Waals surface area contributed by atoms with Crippen molar-refractivity contribution in [2.24, 2.45) is 11.8 Å². The van der Waals surface area contributed by atoms with Crippen molar-refractivity contribution in [2.45, 2.75) is 51.4 Å². The van der Waals surface area contributed by atoms with Crippen LogP contribution in [-0.2, 0) is 20.9 Å². The maximum atomic E-state index is 12.3. The van der Waals surface area contributed by atoms with Crippen molar-refractivity contribution in [3.05, 3.63) is 29.6 Å². The molecule has 2 saturated heterocycles. The van der Waals surface area contributed by atoms with Crippen LogP contribution in [0.3, 0.4) is 0 Å². The Morgan fingerprint density at radius 1 is 1.46 bits per heavy atom. The molecule has 1 aromatic heterocycles. The Morgan fingerprint density at radius 2 is 2.25 bits per heavy atom. The number of carbonyl (C=O) groups is 1. The fourth-order valence-corrected chi connectivity index (χ4v) is 3.93. The Hall–Kier alpha value is -1.46. The number of hydrogen-bond acceptors (Lipinski definition) is 4. The lowest BCUT2D eigenvalue weighted by Crippen LogP contribution is -2.67. The van der Waals surface area contributed by atoms with E-state index in [0.29, 0.717) is 25.0 Å². The number of nitrogens with zero attached hydrogens (tertiary/aromatic N) is 2. The van der Waals surface area contributed by atoms with Crippen LogP contribution in [-0.4, -0.2) is 47.2 Å². The third-order valence-electron chi connectivity index (χ3n) is 5.56. The number of likely N-dealkylation sites (tertiary alicyclic amines) is 1. The summed E-state index contributed by atoms with van der Waals surface area (Å²) < 4.78 is 12.1. The van der Waals surface area contributed by atoms with Gasteiger partial charge in [0.05, 0.1) is 31.5 Å². The average Bonchev–Trinajstić information content (AvgIpc) is 3.27. The smallest absolute Gasteiger partial charge is 0.226 e. The summed E-state index contributed by atoms with van der Waals surface area (Å²) in [5, 5.41) is 0. The molecule has 4 rings (SSSR count). The molecule has 2 aliphatic heterocycles. The summed E-state index contributed by atoms with van der Waals surface area (Å²) in [4.78, 5) is 18.7. The van der Waals surface area contributed by atoms with Gasteiger partial charge in [-0.05, 0) is 37.8 Å². The number of hydrogen-bond donors (Lipinski definition) is 0. The molecule has 5 heteroatoms. The second-order valence-corrected chi connectivity index (χ2v) is 7.74. The standard InChI is InChI=1S/C19H26N2O3/c1-13-8-17(13)18(22)21-11-19(12-21)9-16(6-7-24-19)23-10-15-5-3-4-14(2)20-15/h3-5,13,16-17H,6-12H2,1-2H3. The lowest BCUT2D eigenvalue weighted by Gasteiger charge is -2.53. The Bertz CT molecular complexity index is 627. The van der Waals surface area contributed by atoms with Gasteiger partial charge in [0.15, 0.2) is 0 Å². The summed E-state index contributed by atoms with van der Waals surface area (Å²) in [6.45, 7) is 6.87. The highest BCUT2D eigenvalue weighted by molar-refractivity contribution is 5.82. The molecule has 3 heterocycles. The zero-order valence-corrected chi connectivity index (χ0v) is 14.5. The van der Waals surface area contributed by atoms with E-state index in [9.17, 15) is 4.79 Å². The number of rotatable bonds is 4. The molecule has 3 fully saturated rings. The minimum absolute atomic E-state index is 0.170. The van der Waals surface area contributed by atoms with Crippen molar-refractivity contribution in [2.75, 3.05) is 19.7 Å². The number of carbonyl (C=O) groups excluding carboxylic acids is 1. The third kappa shape index (κ3) is 3.20. The van der Waals surface area contributed by atoms with Gasteiger partial charge in [-0.25, -0.2) is 0 Å². The van der Waals surface area contributed by atoms with Crippen LogP contribution in [0.4, 0.5) is 0 Å². The first-order valence-electron chi connectivity index (χ1n) is 9.02. The van der Waals surface area contributed by atoms with Crippen molar-refractivity contribution in [1.82, 2.24) is 9.88 Å². The topological polar surface area (TPSA) is 51.7 Å². The Morgan fingerprint density at radius 3 is 2.96 bits per heavy atom. The van der Waals surface area contributed by atoms with Gasteiger partial charge >= 0.3 is 0 Å². The van der Waals surface area contributed by atoms with E-state index in [4.69, 9.17) is 9.47 Å². The largest absolute Gasteiger partial charge is 0.372 e.